The standard InChI is InChI=1S/C15H29NO4/c1-12(2)19-11-7-6-10-16-13(17)8-9-14(18)20-15(3,4)5/h12H,6-11H2,1-5H3,(H,16,17). The lowest BCUT2D eigenvalue weighted by molar-refractivity contribution is -0.155. The summed E-state index contributed by atoms with van der Waals surface area (Å²) in [5.41, 5.74) is -0.496. The minimum Gasteiger partial charge on any atom is -0.460 e. The molecule has 0 bridgehead atoms. The van der Waals surface area contributed by atoms with Crippen molar-refractivity contribution in [3.8, 4) is 0 Å². The molecule has 0 saturated heterocycles. The van der Waals surface area contributed by atoms with Crippen LogP contribution in [-0.2, 0) is 19.1 Å². The van der Waals surface area contributed by atoms with Crippen molar-refractivity contribution in [1.29, 1.82) is 0 Å². The molecule has 0 fully saturated rings. The summed E-state index contributed by atoms with van der Waals surface area (Å²) in [4.78, 5) is 22.9. The number of amides is 1. The third-order valence-electron chi connectivity index (χ3n) is 2.32. The normalized spacial score (nSPS) is 11.5. The Balaban J connectivity index is 3.53. The Labute approximate surface area is 122 Å². The fourth-order valence-corrected chi connectivity index (χ4v) is 1.47. The van der Waals surface area contributed by atoms with E-state index in [-0.39, 0.29) is 30.8 Å². The van der Waals surface area contributed by atoms with Crippen LogP contribution < -0.4 is 5.32 Å². The molecule has 118 valence electrons. The largest absolute Gasteiger partial charge is 0.460 e. The molecule has 0 atom stereocenters. The van der Waals surface area contributed by atoms with Gasteiger partial charge in [0.15, 0.2) is 0 Å². The number of hydrogen-bond donors (Lipinski definition) is 1. The van der Waals surface area contributed by atoms with Gasteiger partial charge in [0.25, 0.3) is 0 Å². The van der Waals surface area contributed by atoms with Crippen molar-refractivity contribution in [3.63, 3.8) is 0 Å². The van der Waals surface area contributed by atoms with Crippen molar-refractivity contribution in [2.24, 2.45) is 0 Å². The van der Waals surface area contributed by atoms with Gasteiger partial charge in [-0.25, -0.2) is 0 Å². The monoisotopic (exact) mass is 287 g/mol. The summed E-state index contributed by atoms with van der Waals surface area (Å²) in [5, 5.41) is 2.79. The van der Waals surface area contributed by atoms with E-state index in [1.165, 1.54) is 0 Å². The van der Waals surface area contributed by atoms with Gasteiger partial charge in [0.05, 0.1) is 12.5 Å². The first-order valence-electron chi connectivity index (χ1n) is 7.31. The lowest BCUT2D eigenvalue weighted by atomic mass is 10.2. The molecule has 0 aliphatic carbocycles. The number of carbonyl (C=O) groups is 2. The molecule has 5 heteroatoms. The van der Waals surface area contributed by atoms with Crippen molar-refractivity contribution in [1.82, 2.24) is 5.32 Å². The molecule has 0 aromatic rings. The van der Waals surface area contributed by atoms with Crippen LogP contribution in [-0.4, -0.2) is 36.7 Å². The molecule has 0 radical (unpaired) electrons. The molecule has 0 aliphatic rings. The maximum absolute atomic E-state index is 11.5. The Morgan fingerprint density at radius 1 is 1.10 bits per heavy atom. The molecule has 0 heterocycles. The summed E-state index contributed by atoms with van der Waals surface area (Å²) in [6.07, 6.45) is 2.35. The van der Waals surface area contributed by atoms with Crippen molar-refractivity contribution < 1.29 is 19.1 Å². The van der Waals surface area contributed by atoms with Crippen molar-refractivity contribution in [3.05, 3.63) is 0 Å². The molecule has 20 heavy (non-hydrogen) atoms. The number of esters is 1. The predicted molar refractivity (Wildman–Crippen MR) is 78.4 cm³/mol. The average molecular weight is 287 g/mol. The quantitative estimate of drug-likeness (QED) is 0.522. The fourth-order valence-electron chi connectivity index (χ4n) is 1.47. The van der Waals surface area contributed by atoms with Crippen LogP contribution in [0.2, 0.25) is 0 Å². The van der Waals surface area contributed by atoms with E-state index in [1.54, 1.807) is 0 Å². The summed E-state index contributed by atoms with van der Waals surface area (Å²) in [6.45, 7) is 10.8. The van der Waals surface area contributed by atoms with Gasteiger partial charge < -0.3 is 14.8 Å². The number of carbonyl (C=O) groups excluding carboxylic acids is 2. The molecule has 1 N–H and O–H groups in total. The first kappa shape index (κ1) is 18.9. The van der Waals surface area contributed by atoms with Crippen LogP contribution in [0.4, 0.5) is 0 Å². The minimum absolute atomic E-state index is 0.111. The van der Waals surface area contributed by atoms with Gasteiger partial charge in [-0.1, -0.05) is 0 Å². The summed E-state index contributed by atoms with van der Waals surface area (Å²) in [6, 6.07) is 0. The first-order chi connectivity index (χ1) is 9.20. The van der Waals surface area contributed by atoms with Crippen molar-refractivity contribution in [2.75, 3.05) is 13.2 Å². The zero-order valence-electron chi connectivity index (χ0n) is 13.5. The predicted octanol–water partition coefficient (Wildman–Crippen LogP) is 2.43. The Morgan fingerprint density at radius 2 is 1.75 bits per heavy atom. The highest BCUT2D eigenvalue weighted by Gasteiger charge is 2.16. The molecule has 0 aromatic carbocycles. The van der Waals surface area contributed by atoms with Gasteiger partial charge in [0.1, 0.15) is 5.60 Å². The SMILES string of the molecule is CC(C)OCCCCNC(=O)CCC(=O)OC(C)(C)C. The highest BCUT2D eigenvalue weighted by molar-refractivity contribution is 5.81. The van der Waals surface area contributed by atoms with Crippen molar-refractivity contribution in [2.45, 2.75) is 72.0 Å². The highest BCUT2D eigenvalue weighted by Crippen LogP contribution is 2.08. The molecular weight excluding hydrogens is 258 g/mol. The van der Waals surface area contributed by atoms with E-state index in [2.05, 4.69) is 5.32 Å². The van der Waals surface area contributed by atoms with Gasteiger partial charge in [-0.15, -0.1) is 0 Å². The maximum atomic E-state index is 11.5. The number of rotatable bonds is 9. The molecule has 0 rings (SSSR count). The highest BCUT2D eigenvalue weighted by atomic mass is 16.6. The number of unbranched alkanes of at least 4 members (excludes halogenated alkanes) is 1. The Kier molecular flexibility index (Phi) is 9.21. The Morgan fingerprint density at radius 3 is 2.30 bits per heavy atom. The molecule has 0 aliphatic heterocycles. The average Bonchev–Trinajstić information content (AvgIpc) is 2.28. The van der Waals surface area contributed by atoms with Crippen LogP contribution in [0.15, 0.2) is 0 Å². The third kappa shape index (κ3) is 13.3. The van der Waals surface area contributed by atoms with E-state index in [4.69, 9.17) is 9.47 Å². The molecule has 0 aromatic heterocycles. The topological polar surface area (TPSA) is 64.6 Å². The van der Waals surface area contributed by atoms with Gasteiger partial charge in [-0.2, -0.15) is 0 Å². The molecule has 1 amide bonds. The van der Waals surface area contributed by atoms with Crippen LogP contribution in [0.5, 0.6) is 0 Å². The fraction of sp³-hybridized carbons (Fsp3) is 0.867. The summed E-state index contributed by atoms with van der Waals surface area (Å²) in [5.74, 6) is -0.446. The zero-order chi connectivity index (χ0) is 15.6. The van der Waals surface area contributed by atoms with Crippen LogP contribution in [0, 0.1) is 0 Å². The molecule has 0 unspecified atom stereocenters. The number of hydrogen-bond acceptors (Lipinski definition) is 4. The number of nitrogens with one attached hydrogen (secondary N) is 1. The van der Waals surface area contributed by atoms with E-state index in [1.807, 2.05) is 34.6 Å². The Hall–Kier alpha value is -1.10. The minimum atomic E-state index is -0.496. The first-order valence-corrected chi connectivity index (χ1v) is 7.31. The summed E-state index contributed by atoms with van der Waals surface area (Å²) < 4.78 is 10.5. The molecule has 0 spiro atoms. The van der Waals surface area contributed by atoms with Gasteiger partial charge >= 0.3 is 5.97 Å². The molecular formula is C15H29NO4. The Bertz CT molecular complexity index is 295. The number of ether oxygens (including phenoxy) is 2. The zero-order valence-corrected chi connectivity index (χ0v) is 13.5. The van der Waals surface area contributed by atoms with Gasteiger partial charge in [0, 0.05) is 19.6 Å². The van der Waals surface area contributed by atoms with E-state index >= 15 is 0 Å². The van der Waals surface area contributed by atoms with Gasteiger partial charge in [0.2, 0.25) is 5.91 Å². The van der Waals surface area contributed by atoms with Gasteiger partial charge in [-0.05, 0) is 47.5 Å². The van der Waals surface area contributed by atoms with Gasteiger partial charge in [-0.3, -0.25) is 9.59 Å². The second kappa shape index (κ2) is 9.75. The maximum Gasteiger partial charge on any atom is 0.306 e. The van der Waals surface area contributed by atoms with Crippen LogP contribution in [0.1, 0.15) is 60.3 Å². The molecule has 5 nitrogen and oxygen atoms in total. The summed E-state index contributed by atoms with van der Waals surface area (Å²) in [7, 11) is 0. The lowest BCUT2D eigenvalue weighted by Crippen LogP contribution is -2.27. The second-order valence-electron chi connectivity index (χ2n) is 6.06. The van der Waals surface area contributed by atoms with Crippen LogP contribution in [0.25, 0.3) is 0 Å². The smallest absolute Gasteiger partial charge is 0.306 e. The molecule has 0 saturated carbocycles. The third-order valence-corrected chi connectivity index (χ3v) is 2.32. The van der Waals surface area contributed by atoms with E-state index in [0.29, 0.717) is 13.2 Å². The lowest BCUT2D eigenvalue weighted by Gasteiger charge is -2.19. The van der Waals surface area contributed by atoms with Crippen molar-refractivity contribution >= 4 is 11.9 Å². The second-order valence-corrected chi connectivity index (χ2v) is 6.06. The summed E-state index contributed by atoms with van der Waals surface area (Å²) >= 11 is 0. The van der Waals surface area contributed by atoms with Crippen LogP contribution >= 0.6 is 0 Å². The van der Waals surface area contributed by atoms with E-state index < -0.39 is 5.60 Å². The van der Waals surface area contributed by atoms with E-state index in [0.717, 1.165) is 12.8 Å². The van der Waals surface area contributed by atoms with E-state index in [9.17, 15) is 9.59 Å². The van der Waals surface area contributed by atoms with Crippen LogP contribution in [0.3, 0.4) is 0 Å².